The molecule has 4 aliphatic rings. The molecule has 2 heterocycles. The average molecular weight is 849 g/mol. The summed E-state index contributed by atoms with van der Waals surface area (Å²) in [6, 6.07) is 16.6. The van der Waals surface area contributed by atoms with E-state index in [0.29, 0.717) is 60.9 Å². The van der Waals surface area contributed by atoms with Crippen molar-refractivity contribution in [3.05, 3.63) is 83.9 Å². The third-order valence-corrected chi connectivity index (χ3v) is 10.7. The number of aliphatic hydroxyl groups is 1. The van der Waals surface area contributed by atoms with Gasteiger partial charge in [0.25, 0.3) is 11.5 Å². The molecule has 3 aromatic carbocycles. The molecule has 0 unspecified atom stereocenters. The highest BCUT2D eigenvalue weighted by molar-refractivity contribution is 5.94. The smallest absolute Gasteiger partial charge is 0.430 e. The molecule has 2 saturated carbocycles. The van der Waals surface area contributed by atoms with E-state index in [-0.39, 0.29) is 36.8 Å². The van der Waals surface area contributed by atoms with E-state index in [1.54, 1.807) is 24.3 Å². The highest BCUT2D eigenvalue weighted by Crippen LogP contribution is 2.50. The minimum Gasteiger partial charge on any atom is -0.490 e. The quantitative estimate of drug-likeness (QED) is 0.103. The van der Waals surface area contributed by atoms with Crippen LogP contribution < -0.4 is 36.1 Å². The minimum absolute atomic E-state index is 0.103. The van der Waals surface area contributed by atoms with Gasteiger partial charge in [-0.2, -0.15) is 26.3 Å². The van der Waals surface area contributed by atoms with Gasteiger partial charge < -0.3 is 46.1 Å². The van der Waals surface area contributed by atoms with Gasteiger partial charge in [0.15, 0.2) is 0 Å². The zero-order valence-corrected chi connectivity index (χ0v) is 32.8. The Bertz CT molecular complexity index is 1860. The van der Waals surface area contributed by atoms with E-state index in [0.717, 1.165) is 68.9 Å². The second-order valence-corrected chi connectivity index (χ2v) is 15.6. The predicted molar refractivity (Wildman–Crippen MR) is 211 cm³/mol. The number of urea groups is 2. The molecule has 0 atom stereocenters. The van der Waals surface area contributed by atoms with Gasteiger partial charge in [0.05, 0.1) is 0 Å². The fourth-order valence-electron chi connectivity index (χ4n) is 6.70. The molecule has 12 nitrogen and oxygen atoms in total. The number of anilines is 2. The summed E-state index contributed by atoms with van der Waals surface area (Å²) >= 11 is 0. The number of nitrogens with one attached hydrogen (secondary N) is 5. The van der Waals surface area contributed by atoms with Crippen LogP contribution in [0, 0.1) is 11.8 Å². The molecule has 18 heteroatoms. The zero-order valence-electron chi connectivity index (χ0n) is 32.8. The van der Waals surface area contributed by atoms with Crippen LogP contribution in [-0.4, -0.2) is 91.8 Å². The molecule has 0 bridgehead atoms. The maximum atomic E-state index is 13.1. The number of hydrogen-bond donors (Lipinski definition) is 6. The van der Waals surface area contributed by atoms with Crippen molar-refractivity contribution in [2.75, 3.05) is 49.9 Å². The van der Waals surface area contributed by atoms with Crippen LogP contribution in [0.15, 0.2) is 72.8 Å². The van der Waals surface area contributed by atoms with Crippen molar-refractivity contribution in [1.82, 2.24) is 20.9 Å². The van der Waals surface area contributed by atoms with Crippen LogP contribution in [0.2, 0.25) is 0 Å². The molecule has 0 radical (unpaired) electrons. The summed E-state index contributed by atoms with van der Waals surface area (Å²) < 4.78 is 90.3. The molecular formula is C42H50F6N6O6. The third kappa shape index (κ3) is 12.4. The number of rotatable bonds is 12. The highest BCUT2D eigenvalue weighted by Gasteiger charge is 2.71. The lowest BCUT2D eigenvalue weighted by Crippen LogP contribution is -2.53. The van der Waals surface area contributed by atoms with Crippen molar-refractivity contribution in [3.63, 3.8) is 0 Å². The maximum absolute atomic E-state index is 13.1. The Morgan fingerprint density at radius 2 is 1.03 bits per heavy atom. The summed E-state index contributed by atoms with van der Waals surface area (Å²) in [5.74, 6) is 2.14. The zero-order chi connectivity index (χ0) is 42.9. The van der Waals surface area contributed by atoms with Crippen LogP contribution in [0.4, 0.5) is 47.3 Å². The van der Waals surface area contributed by atoms with E-state index in [2.05, 4.69) is 26.6 Å². The van der Waals surface area contributed by atoms with E-state index in [1.807, 2.05) is 24.3 Å². The summed E-state index contributed by atoms with van der Waals surface area (Å²) in [7, 11) is 0. The Balaban J connectivity index is 0.000000240. The van der Waals surface area contributed by atoms with Crippen LogP contribution in [0.1, 0.15) is 67.3 Å². The van der Waals surface area contributed by atoms with Crippen molar-refractivity contribution in [2.24, 2.45) is 11.8 Å². The first kappa shape index (κ1) is 44.3. The highest BCUT2D eigenvalue weighted by atomic mass is 19.4. The molecule has 6 N–H and O–H groups in total. The second-order valence-electron chi connectivity index (χ2n) is 15.6. The summed E-state index contributed by atoms with van der Waals surface area (Å²) in [6.45, 7) is 4.00. The van der Waals surface area contributed by atoms with E-state index >= 15 is 0 Å². The van der Waals surface area contributed by atoms with E-state index in [1.165, 1.54) is 17.7 Å². The lowest BCUT2D eigenvalue weighted by atomic mass is 9.91. The molecule has 0 spiro atoms. The van der Waals surface area contributed by atoms with Gasteiger partial charge in [-0.3, -0.25) is 4.79 Å². The number of hydrogen-bond acceptors (Lipinski definition) is 7. The van der Waals surface area contributed by atoms with Gasteiger partial charge in [-0.15, -0.1) is 0 Å². The van der Waals surface area contributed by atoms with E-state index in [4.69, 9.17) is 9.47 Å². The molecule has 3 aromatic rings. The van der Waals surface area contributed by atoms with E-state index < -0.39 is 29.4 Å². The lowest BCUT2D eigenvalue weighted by molar-refractivity contribution is -0.376. The van der Waals surface area contributed by atoms with Crippen LogP contribution in [-0.2, 0) is 5.60 Å². The molecule has 60 heavy (non-hydrogen) atoms. The Morgan fingerprint density at radius 3 is 1.43 bits per heavy atom. The standard InChI is InChI=1S/C26H27F6N3O4.C16H23N3O2/c27-25(28,29)24(38,26(30,31)32)18-5-3-17(4-6-18)22(36)35-13-11-21(12-14-35)39-20-9-7-19(8-10-20)34-23(37)33-15-16-1-2-16;20-16(18-11-12-1-2-12)19-13-3-5-14(6-4-13)21-15-7-9-17-10-8-15/h3-10,16,21,38H,1-2,11-15H2,(H2,33,34,37);3-6,12,15,17H,1-2,7-11H2,(H2,18,19,20). The fourth-order valence-corrected chi connectivity index (χ4v) is 6.70. The van der Waals surface area contributed by atoms with Crippen LogP contribution in [0.5, 0.6) is 11.5 Å². The topological polar surface area (TPSA) is 153 Å². The Hall–Kier alpha value is -5.23. The molecule has 2 aliphatic heterocycles. The largest absolute Gasteiger partial charge is 0.490 e. The summed E-state index contributed by atoms with van der Waals surface area (Å²) in [5, 5.41) is 24.1. The summed E-state index contributed by atoms with van der Waals surface area (Å²) in [6.07, 6.45) is -4.18. The minimum atomic E-state index is -6.00. The molecular weight excluding hydrogens is 798 g/mol. The first-order valence-corrected chi connectivity index (χ1v) is 20.2. The Labute approximate surface area is 343 Å². The van der Waals surface area contributed by atoms with Crippen molar-refractivity contribution in [2.45, 2.75) is 81.5 Å². The number of halogens is 6. The van der Waals surface area contributed by atoms with Crippen LogP contribution in [0.3, 0.4) is 0 Å². The number of amides is 5. The summed E-state index contributed by atoms with van der Waals surface area (Å²) in [4.78, 5) is 37.8. The molecule has 4 fully saturated rings. The first-order chi connectivity index (χ1) is 28.6. The van der Waals surface area contributed by atoms with Gasteiger partial charge in [0, 0.05) is 61.5 Å². The van der Waals surface area contributed by atoms with Gasteiger partial charge in [-0.25, -0.2) is 9.59 Å². The number of alkyl halides is 6. The predicted octanol–water partition coefficient (Wildman–Crippen LogP) is 7.56. The molecule has 2 saturated heterocycles. The lowest BCUT2D eigenvalue weighted by Gasteiger charge is -2.33. The molecule has 5 amide bonds. The van der Waals surface area contributed by atoms with E-state index in [9.17, 15) is 45.8 Å². The van der Waals surface area contributed by atoms with Crippen molar-refractivity contribution in [3.8, 4) is 11.5 Å². The monoisotopic (exact) mass is 848 g/mol. The molecule has 7 rings (SSSR count). The van der Waals surface area contributed by atoms with Gasteiger partial charge in [0.2, 0.25) is 0 Å². The third-order valence-electron chi connectivity index (χ3n) is 10.7. The number of likely N-dealkylation sites (tertiary alicyclic amines) is 1. The SMILES string of the molecule is O=C(NCC1CC1)Nc1ccc(OC2CCN(C(=O)c3ccc(C(O)(C(F)(F)F)C(F)(F)F)cc3)CC2)cc1.O=C(NCC1CC1)Nc1ccc(OC2CCNCC2)cc1. The average Bonchev–Trinajstić information content (AvgIpc) is 4.17. The number of piperidine rings is 2. The molecule has 2 aliphatic carbocycles. The molecule has 0 aromatic heterocycles. The molecule has 326 valence electrons. The number of carbonyl (C=O) groups is 3. The second kappa shape index (κ2) is 19.4. The normalized spacial score (nSPS) is 17.8. The van der Waals surface area contributed by atoms with Gasteiger partial charge >= 0.3 is 24.4 Å². The fraction of sp³-hybridized carbons (Fsp3) is 0.500. The number of carbonyl (C=O) groups excluding carboxylic acids is 3. The van der Waals surface area contributed by atoms with Crippen LogP contribution in [0.25, 0.3) is 0 Å². The van der Waals surface area contributed by atoms with Crippen LogP contribution >= 0.6 is 0 Å². The maximum Gasteiger partial charge on any atom is 0.430 e. The van der Waals surface area contributed by atoms with Gasteiger partial charge in [-0.1, -0.05) is 12.1 Å². The van der Waals surface area contributed by atoms with Gasteiger partial charge in [-0.05, 0) is 124 Å². The van der Waals surface area contributed by atoms with Crippen molar-refractivity contribution >= 4 is 29.3 Å². The summed E-state index contributed by atoms with van der Waals surface area (Å²) in [5.41, 5.74) is -5.18. The Kier molecular flexibility index (Phi) is 14.4. The van der Waals surface area contributed by atoms with Crippen molar-refractivity contribution < 1.29 is 55.3 Å². The Morgan fingerprint density at radius 1 is 0.617 bits per heavy atom. The van der Waals surface area contributed by atoms with Gasteiger partial charge in [0.1, 0.15) is 23.7 Å². The number of benzene rings is 3. The number of ether oxygens (including phenoxy) is 2. The first-order valence-electron chi connectivity index (χ1n) is 20.2. The number of nitrogens with zero attached hydrogens (tertiary/aromatic N) is 1. The van der Waals surface area contributed by atoms with Crippen molar-refractivity contribution in [1.29, 1.82) is 0 Å².